The third-order valence-electron chi connectivity index (χ3n) is 3.88. The molecule has 2 aromatic rings. The SMILES string of the molecule is CN(CC[C@H](Oc1ccc(S(C)(=O)=O)cc1)c1ccccc1)CC(=O)O. The van der Waals surface area contributed by atoms with E-state index in [4.69, 9.17) is 9.84 Å². The van der Waals surface area contributed by atoms with Gasteiger partial charge in [-0.25, -0.2) is 8.42 Å². The summed E-state index contributed by atoms with van der Waals surface area (Å²) in [5, 5.41) is 8.87. The standard InChI is InChI=1S/C19H23NO5S/c1-20(14-19(21)22)13-12-18(15-6-4-3-5-7-15)25-16-8-10-17(11-9-16)26(2,23)24/h3-11,18H,12-14H2,1-2H3,(H,21,22)/t18-/m0/s1. The minimum Gasteiger partial charge on any atom is -0.486 e. The summed E-state index contributed by atoms with van der Waals surface area (Å²) in [5.74, 6) is -0.312. The van der Waals surface area contributed by atoms with E-state index in [1.807, 2.05) is 30.3 Å². The van der Waals surface area contributed by atoms with Crippen LogP contribution in [0.3, 0.4) is 0 Å². The van der Waals surface area contributed by atoms with Crippen LogP contribution < -0.4 is 4.74 Å². The van der Waals surface area contributed by atoms with Crippen molar-refractivity contribution in [3.63, 3.8) is 0 Å². The predicted octanol–water partition coefficient (Wildman–Crippen LogP) is 2.62. The topological polar surface area (TPSA) is 83.9 Å². The monoisotopic (exact) mass is 377 g/mol. The number of rotatable bonds is 9. The molecule has 2 rings (SSSR count). The van der Waals surface area contributed by atoms with Crippen molar-refractivity contribution in [3.8, 4) is 5.75 Å². The summed E-state index contributed by atoms with van der Waals surface area (Å²) in [5.41, 5.74) is 0.975. The van der Waals surface area contributed by atoms with Gasteiger partial charge in [-0.05, 0) is 36.9 Å². The summed E-state index contributed by atoms with van der Waals surface area (Å²) < 4.78 is 29.2. The molecule has 6 nitrogen and oxygen atoms in total. The Bertz CT molecular complexity index is 819. The molecule has 0 unspecified atom stereocenters. The van der Waals surface area contributed by atoms with Crippen molar-refractivity contribution in [1.82, 2.24) is 4.90 Å². The molecule has 0 aliphatic rings. The molecule has 26 heavy (non-hydrogen) atoms. The predicted molar refractivity (Wildman–Crippen MR) is 99.1 cm³/mol. The summed E-state index contributed by atoms with van der Waals surface area (Å²) in [6, 6.07) is 15.9. The maximum Gasteiger partial charge on any atom is 0.317 e. The highest BCUT2D eigenvalue weighted by Gasteiger charge is 2.16. The largest absolute Gasteiger partial charge is 0.486 e. The van der Waals surface area contributed by atoms with Crippen LogP contribution in [-0.2, 0) is 14.6 Å². The molecule has 140 valence electrons. The van der Waals surface area contributed by atoms with Gasteiger partial charge in [0.1, 0.15) is 11.9 Å². The number of benzene rings is 2. The van der Waals surface area contributed by atoms with Gasteiger partial charge in [-0.15, -0.1) is 0 Å². The Morgan fingerprint density at radius 3 is 2.27 bits per heavy atom. The lowest BCUT2D eigenvalue weighted by Gasteiger charge is -2.22. The number of sulfone groups is 1. The van der Waals surface area contributed by atoms with Gasteiger partial charge in [0.15, 0.2) is 9.84 Å². The van der Waals surface area contributed by atoms with E-state index in [0.717, 1.165) is 11.8 Å². The lowest BCUT2D eigenvalue weighted by Crippen LogP contribution is -2.28. The molecule has 1 atom stereocenters. The molecule has 1 N–H and O–H groups in total. The Kier molecular flexibility index (Phi) is 6.76. The fourth-order valence-electron chi connectivity index (χ4n) is 2.54. The smallest absolute Gasteiger partial charge is 0.317 e. The van der Waals surface area contributed by atoms with Gasteiger partial charge in [-0.2, -0.15) is 0 Å². The lowest BCUT2D eigenvalue weighted by molar-refractivity contribution is -0.138. The molecule has 0 bridgehead atoms. The highest BCUT2D eigenvalue weighted by atomic mass is 32.2. The Balaban J connectivity index is 2.12. The zero-order valence-electron chi connectivity index (χ0n) is 14.8. The Labute approximate surface area is 153 Å². The number of ether oxygens (including phenoxy) is 1. The number of likely N-dealkylation sites (N-methyl/N-ethyl adjacent to an activating group) is 1. The molecule has 2 aromatic carbocycles. The number of nitrogens with zero attached hydrogens (tertiary/aromatic N) is 1. The summed E-state index contributed by atoms with van der Waals surface area (Å²) >= 11 is 0. The van der Waals surface area contributed by atoms with E-state index in [-0.39, 0.29) is 17.5 Å². The zero-order chi connectivity index (χ0) is 19.2. The third kappa shape index (κ3) is 6.16. The first-order valence-corrected chi connectivity index (χ1v) is 10.1. The Morgan fingerprint density at radius 2 is 1.73 bits per heavy atom. The second-order valence-electron chi connectivity index (χ2n) is 6.18. The quantitative estimate of drug-likeness (QED) is 0.723. The maximum absolute atomic E-state index is 11.6. The molecule has 0 aliphatic heterocycles. The van der Waals surface area contributed by atoms with Crippen molar-refractivity contribution in [2.45, 2.75) is 17.4 Å². The number of carboxylic acids is 1. The van der Waals surface area contributed by atoms with Crippen LogP contribution >= 0.6 is 0 Å². The van der Waals surface area contributed by atoms with E-state index in [9.17, 15) is 13.2 Å². The first-order chi connectivity index (χ1) is 12.3. The molecule has 0 aromatic heterocycles. The minimum absolute atomic E-state index is 0.0371. The van der Waals surface area contributed by atoms with Crippen molar-refractivity contribution in [3.05, 3.63) is 60.2 Å². The molecule has 0 spiro atoms. The maximum atomic E-state index is 11.6. The normalized spacial score (nSPS) is 12.7. The highest BCUT2D eigenvalue weighted by molar-refractivity contribution is 7.90. The molecular formula is C19H23NO5S. The van der Waals surface area contributed by atoms with E-state index in [0.29, 0.717) is 18.7 Å². The van der Waals surface area contributed by atoms with E-state index in [1.165, 1.54) is 12.1 Å². The summed E-state index contributed by atoms with van der Waals surface area (Å²) in [7, 11) is -1.50. The van der Waals surface area contributed by atoms with Gasteiger partial charge in [0.2, 0.25) is 0 Å². The van der Waals surface area contributed by atoms with E-state index < -0.39 is 15.8 Å². The molecule has 0 fully saturated rings. The molecule has 0 amide bonds. The molecular weight excluding hydrogens is 354 g/mol. The number of aliphatic carboxylic acids is 1. The van der Waals surface area contributed by atoms with Gasteiger partial charge in [-0.3, -0.25) is 9.69 Å². The van der Waals surface area contributed by atoms with Crippen molar-refractivity contribution in [2.75, 3.05) is 26.4 Å². The van der Waals surface area contributed by atoms with Gasteiger partial charge in [0, 0.05) is 19.2 Å². The lowest BCUT2D eigenvalue weighted by atomic mass is 10.1. The average molecular weight is 377 g/mol. The molecule has 0 radical (unpaired) electrons. The fourth-order valence-corrected chi connectivity index (χ4v) is 3.17. The molecule has 7 heteroatoms. The van der Waals surface area contributed by atoms with Gasteiger partial charge in [-0.1, -0.05) is 30.3 Å². The van der Waals surface area contributed by atoms with Crippen molar-refractivity contribution >= 4 is 15.8 Å². The van der Waals surface area contributed by atoms with Crippen LogP contribution in [0.5, 0.6) is 5.75 Å². The first kappa shape index (κ1) is 19.9. The van der Waals surface area contributed by atoms with Crippen LogP contribution in [0.4, 0.5) is 0 Å². The second-order valence-corrected chi connectivity index (χ2v) is 8.20. The van der Waals surface area contributed by atoms with Crippen LogP contribution in [0.25, 0.3) is 0 Å². The first-order valence-electron chi connectivity index (χ1n) is 8.18. The minimum atomic E-state index is -3.25. The Hall–Kier alpha value is -2.38. The van der Waals surface area contributed by atoms with Crippen LogP contribution in [0, 0.1) is 0 Å². The van der Waals surface area contributed by atoms with Gasteiger partial charge in [0.25, 0.3) is 0 Å². The molecule has 0 saturated heterocycles. The van der Waals surface area contributed by atoms with Gasteiger partial charge in [0.05, 0.1) is 11.4 Å². The van der Waals surface area contributed by atoms with Crippen LogP contribution in [0.1, 0.15) is 18.1 Å². The van der Waals surface area contributed by atoms with Gasteiger partial charge >= 0.3 is 5.97 Å². The number of carbonyl (C=O) groups is 1. The zero-order valence-corrected chi connectivity index (χ0v) is 15.6. The number of hydrogen-bond donors (Lipinski definition) is 1. The van der Waals surface area contributed by atoms with Crippen LogP contribution in [0.15, 0.2) is 59.5 Å². The summed E-state index contributed by atoms with van der Waals surface area (Å²) in [6.45, 7) is 0.512. The van der Waals surface area contributed by atoms with Crippen LogP contribution in [-0.4, -0.2) is 50.8 Å². The number of hydrogen-bond acceptors (Lipinski definition) is 5. The molecule has 0 aliphatic carbocycles. The van der Waals surface area contributed by atoms with Crippen molar-refractivity contribution in [1.29, 1.82) is 0 Å². The van der Waals surface area contributed by atoms with E-state index in [2.05, 4.69) is 0 Å². The number of carboxylic acid groups (broad SMARTS) is 1. The average Bonchev–Trinajstić information content (AvgIpc) is 2.58. The van der Waals surface area contributed by atoms with E-state index >= 15 is 0 Å². The summed E-state index contributed by atoms with van der Waals surface area (Å²) in [6.07, 6.45) is 1.49. The Morgan fingerprint density at radius 1 is 1.12 bits per heavy atom. The molecule has 0 saturated carbocycles. The van der Waals surface area contributed by atoms with Crippen molar-refractivity contribution < 1.29 is 23.1 Å². The van der Waals surface area contributed by atoms with Crippen molar-refractivity contribution in [2.24, 2.45) is 0 Å². The molecule has 0 heterocycles. The summed E-state index contributed by atoms with van der Waals surface area (Å²) in [4.78, 5) is 12.8. The van der Waals surface area contributed by atoms with Crippen LogP contribution in [0.2, 0.25) is 0 Å². The van der Waals surface area contributed by atoms with Gasteiger partial charge < -0.3 is 9.84 Å². The third-order valence-corrected chi connectivity index (χ3v) is 5.01. The second kappa shape index (κ2) is 8.82. The van der Waals surface area contributed by atoms with E-state index in [1.54, 1.807) is 24.1 Å². The fraction of sp³-hybridized carbons (Fsp3) is 0.316. The highest BCUT2D eigenvalue weighted by Crippen LogP contribution is 2.26.